The van der Waals surface area contributed by atoms with Crippen molar-refractivity contribution in [2.45, 2.75) is 20.0 Å². The quantitative estimate of drug-likeness (QED) is 0.299. The molecule has 4 rings (SSSR count). The largest absolute Gasteiger partial charge is 0.467 e. The number of fused-ring (bicyclic) bond motifs is 1. The molecule has 0 saturated heterocycles. The predicted molar refractivity (Wildman–Crippen MR) is 131 cm³/mol. The first-order valence-corrected chi connectivity index (χ1v) is 11.4. The van der Waals surface area contributed by atoms with Crippen LogP contribution in [0.4, 0.5) is 13.2 Å². The van der Waals surface area contributed by atoms with Crippen molar-refractivity contribution in [3.63, 3.8) is 0 Å². The maximum atomic E-state index is 13.6. The molecule has 37 heavy (non-hydrogen) atoms. The lowest BCUT2D eigenvalue weighted by molar-refractivity contribution is -0.142. The summed E-state index contributed by atoms with van der Waals surface area (Å²) in [5.74, 6) is -0.544. The molecule has 0 bridgehead atoms. The van der Waals surface area contributed by atoms with E-state index in [1.807, 2.05) is 6.92 Å². The van der Waals surface area contributed by atoms with Crippen LogP contribution in [0.15, 0.2) is 52.6 Å². The number of thiazole rings is 1. The molecule has 1 amide bonds. The van der Waals surface area contributed by atoms with Crippen molar-refractivity contribution in [1.29, 1.82) is 0 Å². The number of carbonyl (C=O) groups is 1. The third kappa shape index (κ3) is 5.40. The first-order valence-electron chi connectivity index (χ1n) is 10.6. The van der Waals surface area contributed by atoms with E-state index in [-0.39, 0.29) is 29.5 Å². The van der Waals surface area contributed by atoms with Crippen LogP contribution in [-0.4, -0.2) is 61.7 Å². The fourth-order valence-corrected chi connectivity index (χ4v) is 4.05. The summed E-state index contributed by atoms with van der Waals surface area (Å²) in [6.07, 6.45) is 1.97. The van der Waals surface area contributed by atoms with E-state index >= 15 is 0 Å². The highest BCUT2D eigenvalue weighted by Gasteiger charge is 2.37. The average molecular weight is 532 g/mol. The number of aliphatic imine (C=N–C) groups is 2. The molecule has 4 aromatic rings. The molecule has 11 nitrogen and oxygen atoms in total. The zero-order valence-electron chi connectivity index (χ0n) is 19.8. The molecule has 0 aliphatic rings. The van der Waals surface area contributed by atoms with Gasteiger partial charge >= 0.3 is 12.2 Å². The van der Waals surface area contributed by atoms with Crippen LogP contribution >= 0.6 is 11.3 Å². The number of aryl methyl sites for hydroxylation is 1. The molecule has 0 atom stereocenters. The van der Waals surface area contributed by atoms with E-state index in [0.717, 1.165) is 4.88 Å². The lowest BCUT2D eigenvalue weighted by Gasteiger charge is -2.13. The molecule has 0 aliphatic carbocycles. The minimum atomic E-state index is -4.73. The second kappa shape index (κ2) is 10.3. The van der Waals surface area contributed by atoms with Gasteiger partial charge in [-0.3, -0.25) is 9.20 Å². The van der Waals surface area contributed by atoms with E-state index < -0.39 is 17.8 Å². The molecule has 0 saturated carbocycles. The highest BCUT2D eigenvalue weighted by Crippen LogP contribution is 2.33. The van der Waals surface area contributed by atoms with Gasteiger partial charge in [-0.25, -0.2) is 24.6 Å². The zero-order chi connectivity index (χ0) is 26.7. The van der Waals surface area contributed by atoms with Gasteiger partial charge in [-0.15, -0.1) is 16.4 Å². The van der Waals surface area contributed by atoms with Crippen LogP contribution in [-0.2, 0) is 10.9 Å². The Kier molecular flexibility index (Phi) is 7.15. The smallest absolute Gasteiger partial charge is 0.435 e. The fourth-order valence-electron chi connectivity index (χ4n) is 3.28. The van der Waals surface area contributed by atoms with E-state index in [0.29, 0.717) is 27.2 Å². The number of carbonyl (C=O) groups excluding carboxylic acids is 1. The number of methoxy groups -OCH3 is 1. The SMILES string of the molecule is C=N/C(=N\C=C(/C)CNC(=O)c1cc(-n2nncc2C(F)(F)F)c2ncc(-c3ncc(C)s3)n2c1)OC. The van der Waals surface area contributed by atoms with E-state index in [4.69, 9.17) is 4.74 Å². The first-order chi connectivity index (χ1) is 17.6. The van der Waals surface area contributed by atoms with Crippen molar-refractivity contribution in [2.75, 3.05) is 13.7 Å². The van der Waals surface area contributed by atoms with Gasteiger partial charge in [0.05, 0.1) is 25.1 Å². The third-order valence-corrected chi connectivity index (χ3v) is 5.93. The van der Waals surface area contributed by atoms with Gasteiger partial charge in [0, 0.05) is 30.0 Å². The Balaban J connectivity index is 1.77. The van der Waals surface area contributed by atoms with Crippen molar-refractivity contribution < 1.29 is 22.7 Å². The van der Waals surface area contributed by atoms with E-state index in [1.165, 1.54) is 47.5 Å². The highest BCUT2D eigenvalue weighted by atomic mass is 32.1. The number of nitrogens with one attached hydrogen (secondary N) is 1. The zero-order valence-corrected chi connectivity index (χ0v) is 20.6. The molecule has 0 aromatic carbocycles. The Bertz CT molecular complexity index is 1530. The fraction of sp³-hybridized carbons (Fsp3) is 0.227. The summed E-state index contributed by atoms with van der Waals surface area (Å²) < 4.78 is 47.9. The number of aromatic nitrogens is 6. The number of hydrogen-bond donors (Lipinski definition) is 1. The first kappa shape index (κ1) is 25.7. The summed E-state index contributed by atoms with van der Waals surface area (Å²) in [7, 11) is 1.39. The standard InChI is InChI=1S/C22H20F3N9O2S/c1-12(7-30-21(26-3)36-4)6-28-19(35)14-5-15(34-17(10-31-32-34)22(23,24)25)18-27-9-16(33(18)11-14)20-29-8-13(2)37-20/h5,7-11H,3,6H2,1-2,4H3,(H,28,35)/b12-7+,30-21+. The van der Waals surface area contributed by atoms with Crippen LogP contribution in [0, 0.1) is 6.92 Å². The second-order valence-corrected chi connectivity index (χ2v) is 8.92. The van der Waals surface area contributed by atoms with Crippen molar-refractivity contribution in [3.05, 3.63) is 58.8 Å². The molecule has 4 heterocycles. The van der Waals surface area contributed by atoms with Gasteiger partial charge in [-0.2, -0.15) is 13.2 Å². The number of nitrogens with zero attached hydrogens (tertiary/aromatic N) is 8. The highest BCUT2D eigenvalue weighted by molar-refractivity contribution is 7.14. The number of rotatable bonds is 6. The normalized spacial score (nSPS) is 12.7. The number of alkyl halides is 3. The van der Waals surface area contributed by atoms with Crippen molar-refractivity contribution in [1.82, 2.24) is 34.7 Å². The number of halogens is 3. The summed E-state index contributed by atoms with van der Waals surface area (Å²) in [5, 5.41) is 10.4. The van der Waals surface area contributed by atoms with Crippen LogP contribution in [0.5, 0.6) is 0 Å². The van der Waals surface area contributed by atoms with E-state index in [9.17, 15) is 18.0 Å². The Morgan fingerprint density at radius 3 is 2.73 bits per heavy atom. The Morgan fingerprint density at radius 2 is 2.08 bits per heavy atom. The van der Waals surface area contributed by atoms with Crippen LogP contribution in [0.1, 0.15) is 27.9 Å². The van der Waals surface area contributed by atoms with Gasteiger partial charge in [-0.1, -0.05) is 5.21 Å². The molecule has 0 spiro atoms. The summed E-state index contributed by atoms with van der Waals surface area (Å²) in [4.78, 5) is 30.2. The maximum Gasteiger partial charge on any atom is 0.435 e. The molecule has 0 aliphatic heterocycles. The Morgan fingerprint density at radius 1 is 1.30 bits per heavy atom. The summed E-state index contributed by atoms with van der Waals surface area (Å²) >= 11 is 1.38. The monoisotopic (exact) mass is 531 g/mol. The van der Waals surface area contributed by atoms with Crippen LogP contribution in [0.2, 0.25) is 0 Å². The van der Waals surface area contributed by atoms with Crippen molar-refractivity contribution >= 4 is 35.6 Å². The Hall–Kier alpha value is -4.40. The predicted octanol–water partition coefficient (Wildman–Crippen LogP) is 3.70. The van der Waals surface area contributed by atoms with Gasteiger partial charge < -0.3 is 10.1 Å². The number of ether oxygens (including phenoxy) is 1. The molecule has 0 fully saturated rings. The summed E-state index contributed by atoms with van der Waals surface area (Å²) in [6, 6.07) is 1.33. The summed E-state index contributed by atoms with van der Waals surface area (Å²) in [5.41, 5.74) is 0.195. The molecule has 0 unspecified atom stereocenters. The number of amidine groups is 1. The molecule has 192 valence electrons. The summed E-state index contributed by atoms with van der Waals surface area (Å²) in [6.45, 7) is 7.02. The number of pyridine rings is 1. The molecule has 15 heteroatoms. The lowest BCUT2D eigenvalue weighted by Crippen LogP contribution is -2.26. The van der Waals surface area contributed by atoms with E-state index in [2.05, 4.69) is 42.3 Å². The molecule has 0 radical (unpaired) electrons. The number of imidazole rings is 1. The number of hydrogen-bond acceptors (Lipinski definition) is 8. The lowest BCUT2D eigenvalue weighted by atomic mass is 10.2. The molecular formula is C22H20F3N9O2S. The average Bonchev–Trinajstić information content (AvgIpc) is 3.61. The van der Waals surface area contributed by atoms with Crippen molar-refractivity contribution in [2.24, 2.45) is 9.98 Å². The molecule has 4 aromatic heterocycles. The van der Waals surface area contributed by atoms with Crippen molar-refractivity contribution in [3.8, 4) is 16.4 Å². The molecule has 1 N–H and O–H groups in total. The minimum absolute atomic E-state index is 0.0548. The van der Waals surface area contributed by atoms with Crippen LogP contribution < -0.4 is 5.32 Å². The maximum absolute atomic E-state index is 13.6. The van der Waals surface area contributed by atoms with Gasteiger partial charge in [0.2, 0.25) is 0 Å². The van der Waals surface area contributed by atoms with Gasteiger partial charge in [0.1, 0.15) is 16.4 Å². The number of amides is 1. The minimum Gasteiger partial charge on any atom is -0.467 e. The van der Waals surface area contributed by atoms with Crippen LogP contribution in [0.25, 0.3) is 22.0 Å². The van der Waals surface area contributed by atoms with Crippen LogP contribution in [0.3, 0.4) is 0 Å². The van der Waals surface area contributed by atoms with Gasteiger partial charge in [0.15, 0.2) is 11.3 Å². The molecular weight excluding hydrogens is 511 g/mol. The topological polar surface area (TPSA) is 124 Å². The van der Waals surface area contributed by atoms with Gasteiger partial charge in [0.25, 0.3) is 5.91 Å². The van der Waals surface area contributed by atoms with E-state index in [1.54, 1.807) is 13.1 Å². The third-order valence-electron chi connectivity index (χ3n) is 5.00. The second-order valence-electron chi connectivity index (χ2n) is 7.69. The van der Waals surface area contributed by atoms with Gasteiger partial charge in [-0.05, 0) is 32.2 Å². The Labute approximate surface area is 212 Å².